The van der Waals surface area contributed by atoms with Crippen LogP contribution >= 0.6 is 0 Å². The Morgan fingerprint density at radius 3 is 3.00 bits per heavy atom. The average molecular weight is 238 g/mol. The topological polar surface area (TPSA) is 42.3 Å². The Hall–Kier alpha value is -0.910. The molecule has 0 bridgehead atoms. The van der Waals surface area contributed by atoms with Crippen LogP contribution in [0.2, 0.25) is 0 Å². The summed E-state index contributed by atoms with van der Waals surface area (Å²) in [6.07, 6.45) is 4.22. The fourth-order valence-corrected chi connectivity index (χ4v) is 2.38. The van der Waals surface area contributed by atoms with Gasteiger partial charge in [0.2, 0.25) is 0 Å². The molecule has 0 saturated carbocycles. The Kier molecular flexibility index (Phi) is 4.15. The highest BCUT2D eigenvalue weighted by Gasteiger charge is 2.31. The van der Waals surface area contributed by atoms with Crippen molar-refractivity contribution in [2.45, 2.75) is 19.1 Å². The van der Waals surface area contributed by atoms with Crippen molar-refractivity contribution < 1.29 is 4.74 Å². The van der Waals surface area contributed by atoms with Gasteiger partial charge in [0.15, 0.2) is 0 Å². The summed E-state index contributed by atoms with van der Waals surface area (Å²) in [4.78, 5) is 2.35. The summed E-state index contributed by atoms with van der Waals surface area (Å²) in [7, 11) is 4.10. The van der Waals surface area contributed by atoms with E-state index < -0.39 is 0 Å². The lowest BCUT2D eigenvalue weighted by molar-refractivity contribution is -0.0611. The minimum atomic E-state index is 0.206. The van der Waals surface area contributed by atoms with E-state index >= 15 is 0 Å². The molecular formula is C12H22N4O. The number of morpholine rings is 1. The quantitative estimate of drug-likeness (QED) is 0.824. The zero-order chi connectivity index (χ0) is 12.3. The van der Waals surface area contributed by atoms with Crippen molar-refractivity contribution in [2.24, 2.45) is 7.05 Å². The molecule has 1 fully saturated rings. The van der Waals surface area contributed by atoms with Crippen molar-refractivity contribution in [3.8, 4) is 0 Å². The lowest BCUT2D eigenvalue weighted by Crippen LogP contribution is -2.47. The molecule has 1 aliphatic heterocycles. The van der Waals surface area contributed by atoms with Gasteiger partial charge in [-0.1, -0.05) is 6.92 Å². The highest BCUT2D eigenvalue weighted by Crippen LogP contribution is 2.27. The van der Waals surface area contributed by atoms with E-state index in [1.165, 1.54) is 5.56 Å². The fraction of sp³-hybridized carbons (Fsp3) is 0.750. The Bertz CT molecular complexity index is 352. The van der Waals surface area contributed by atoms with Crippen LogP contribution in [-0.4, -0.2) is 54.1 Å². The molecule has 0 amide bonds. The van der Waals surface area contributed by atoms with E-state index in [1.807, 2.05) is 17.9 Å². The molecule has 0 spiro atoms. The van der Waals surface area contributed by atoms with Crippen LogP contribution < -0.4 is 5.32 Å². The van der Waals surface area contributed by atoms with Gasteiger partial charge in [0.25, 0.3) is 0 Å². The van der Waals surface area contributed by atoms with Gasteiger partial charge in [0.05, 0.1) is 24.9 Å². The number of aromatic nitrogens is 2. The summed E-state index contributed by atoms with van der Waals surface area (Å²) in [5, 5.41) is 7.62. The zero-order valence-corrected chi connectivity index (χ0v) is 10.9. The maximum atomic E-state index is 5.89. The third kappa shape index (κ3) is 2.86. The molecule has 2 atom stereocenters. The van der Waals surface area contributed by atoms with Crippen molar-refractivity contribution >= 4 is 0 Å². The molecule has 0 aliphatic carbocycles. The van der Waals surface area contributed by atoms with Crippen molar-refractivity contribution in [3.05, 3.63) is 18.0 Å². The smallest absolute Gasteiger partial charge is 0.0897 e. The second-order valence-corrected chi connectivity index (χ2v) is 4.59. The molecule has 96 valence electrons. The fourth-order valence-electron chi connectivity index (χ4n) is 2.38. The number of ether oxygens (including phenoxy) is 1. The van der Waals surface area contributed by atoms with Gasteiger partial charge in [-0.25, -0.2) is 0 Å². The van der Waals surface area contributed by atoms with Crippen LogP contribution in [0.25, 0.3) is 0 Å². The first-order chi connectivity index (χ1) is 8.22. The lowest BCUT2D eigenvalue weighted by Gasteiger charge is -2.38. The van der Waals surface area contributed by atoms with E-state index in [9.17, 15) is 0 Å². The van der Waals surface area contributed by atoms with Crippen molar-refractivity contribution in [2.75, 3.05) is 33.3 Å². The first-order valence-electron chi connectivity index (χ1n) is 6.23. The van der Waals surface area contributed by atoms with E-state index in [0.717, 1.165) is 26.2 Å². The van der Waals surface area contributed by atoms with E-state index in [4.69, 9.17) is 4.74 Å². The molecule has 17 heavy (non-hydrogen) atoms. The minimum Gasteiger partial charge on any atom is -0.374 e. The molecular weight excluding hydrogens is 216 g/mol. The lowest BCUT2D eigenvalue weighted by atomic mass is 10.0. The predicted molar refractivity (Wildman–Crippen MR) is 66.9 cm³/mol. The van der Waals surface area contributed by atoms with Crippen LogP contribution in [0.1, 0.15) is 18.5 Å². The maximum Gasteiger partial charge on any atom is 0.0897 e. The van der Waals surface area contributed by atoms with Gasteiger partial charge in [0, 0.05) is 31.9 Å². The second-order valence-electron chi connectivity index (χ2n) is 4.59. The van der Waals surface area contributed by atoms with Crippen LogP contribution in [0.3, 0.4) is 0 Å². The van der Waals surface area contributed by atoms with Gasteiger partial charge in [0.1, 0.15) is 0 Å². The summed E-state index contributed by atoms with van der Waals surface area (Å²) < 4.78 is 7.73. The van der Waals surface area contributed by atoms with E-state index in [-0.39, 0.29) is 6.10 Å². The molecule has 0 aromatic carbocycles. The standard InChI is InChI=1S/C12H22N4O/c1-4-13-8-11-12(15(2)5-6-17-11)10-7-14-16(3)9-10/h7,9,11-13H,4-6,8H2,1-3H3. The van der Waals surface area contributed by atoms with Gasteiger partial charge in [-0.3, -0.25) is 9.58 Å². The Morgan fingerprint density at radius 2 is 2.35 bits per heavy atom. The highest BCUT2D eigenvalue weighted by atomic mass is 16.5. The number of aryl methyl sites for hydroxylation is 1. The van der Waals surface area contributed by atoms with E-state index in [2.05, 4.69) is 35.5 Å². The monoisotopic (exact) mass is 238 g/mol. The number of hydrogen-bond acceptors (Lipinski definition) is 4. The minimum absolute atomic E-state index is 0.206. The number of rotatable bonds is 4. The molecule has 5 nitrogen and oxygen atoms in total. The number of likely N-dealkylation sites (N-methyl/N-ethyl adjacent to an activating group) is 2. The number of nitrogens with one attached hydrogen (secondary N) is 1. The van der Waals surface area contributed by atoms with Crippen LogP contribution in [0.5, 0.6) is 0 Å². The summed E-state index contributed by atoms with van der Waals surface area (Å²) in [6, 6.07) is 0.302. The first kappa shape index (κ1) is 12.5. The molecule has 2 unspecified atom stereocenters. The van der Waals surface area contributed by atoms with Gasteiger partial charge < -0.3 is 10.1 Å². The van der Waals surface area contributed by atoms with Gasteiger partial charge in [-0.2, -0.15) is 5.10 Å². The molecule has 2 heterocycles. The molecule has 1 N–H and O–H groups in total. The normalized spacial score (nSPS) is 26.3. The van der Waals surface area contributed by atoms with Crippen molar-refractivity contribution in [1.29, 1.82) is 0 Å². The molecule has 0 radical (unpaired) electrons. The third-order valence-corrected chi connectivity index (χ3v) is 3.26. The van der Waals surface area contributed by atoms with Crippen LogP contribution in [0.15, 0.2) is 12.4 Å². The first-order valence-corrected chi connectivity index (χ1v) is 6.23. The Balaban J connectivity index is 2.12. The Labute approximate surface area is 103 Å². The van der Waals surface area contributed by atoms with E-state index in [0.29, 0.717) is 6.04 Å². The molecule has 1 aromatic rings. The van der Waals surface area contributed by atoms with Crippen molar-refractivity contribution in [3.63, 3.8) is 0 Å². The largest absolute Gasteiger partial charge is 0.374 e. The number of nitrogens with zero attached hydrogens (tertiary/aromatic N) is 3. The average Bonchev–Trinajstić information content (AvgIpc) is 2.73. The highest BCUT2D eigenvalue weighted by molar-refractivity contribution is 5.13. The summed E-state index contributed by atoms with van der Waals surface area (Å²) in [5.74, 6) is 0. The number of hydrogen-bond donors (Lipinski definition) is 1. The Morgan fingerprint density at radius 1 is 1.53 bits per heavy atom. The van der Waals surface area contributed by atoms with Crippen LogP contribution in [0, 0.1) is 0 Å². The van der Waals surface area contributed by atoms with Gasteiger partial charge in [-0.15, -0.1) is 0 Å². The zero-order valence-electron chi connectivity index (χ0n) is 10.9. The second kappa shape index (κ2) is 5.62. The van der Waals surface area contributed by atoms with E-state index in [1.54, 1.807) is 0 Å². The molecule has 5 heteroatoms. The third-order valence-electron chi connectivity index (χ3n) is 3.26. The summed E-state index contributed by atoms with van der Waals surface area (Å²) >= 11 is 0. The van der Waals surface area contributed by atoms with Crippen LogP contribution in [0.4, 0.5) is 0 Å². The molecule has 1 aliphatic rings. The van der Waals surface area contributed by atoms with Crippen molar-refractivity contribution in [1.82, 2.24) is 20.0 Å². The van der Waals surface area contributed by atoms with Gasteiger partial charge >= 0.3 is 0 Å². The summed E-state index contributed by atoms with van der Waals surface area (Å²) in [6.45, 7) is 5.76. The predicted octanol–water partition coefficient (Wildman–Crippen LogP) is 0.401. The van der Waals surface area contributed by atoms with Crippen LogP contribution in [-0.2, 0) is 11.8 Å². The van der Waals surface area contributed by atoms with Gasteiger partial charge in [-0.05, 0) is 13.6 Å². The molecule has 1 saturated heterocycles. The SMILES string of the molecule is CCNCC1OCCN(C)C1c1cnn(C)c1. The molecule has 1 aromatic heterocycles. The maximum absolute atomic E-state index is 5.89. The summed E-state index contributed by atoms with van der Waals surface area (Å²) in [5.41, 5.74) is 1.23. The molecule has 2 rings (SSSR count).